The maximum atomic E-state index is 13.4. The minimum Gasteiger partial charge on any atom is -1.00 e. The van der Waals surface area contributed by atoms with E-state index < -0.39 is 43.1 Å². The Morgan fingerprint density at radius 2 is 1.38 bits per heavy atom. The van der Waals surface area contributed by atoms with E-state index in [1.807, 2.05) is 0 Å². The van der Waals surface area contributed by atoms with Crippen molar-refractivity contribution in [2.24, 2.45) is 0 Å². The summed E-state index contributed by atoms with van der Waals surface area (Å²) in [6.45, 7) is 0.690. The van der Waals surface area contributed by atoms with Gasteiger partial charge in [-0.05, 0) is 32.8 Å². The predicted octanol–water partition coefficient (Wildman–Crippen LogP) is 2.04. The van der Waals surface area contributed by atoms with Crippen molar-refractivity contribution >= 4 is 19.4 Å². The molecule has 5 nitrogen and oxygen atoms in total. The van der Waals surface area contributed by atoms with Gasteiger partial charge in [0.05, 0.1) is 24.3 Å². The third kappa shape index (κ3) is 8.47. The van der Waals surface area contributed by atoms with E-state index in [1.54, 1.807) is 0 Å². The molecule has 0 saturated carbocycles. The first-order valence-electron chi connectivity index (χ1n) is 9.45. The van der Waals surface area contributed by atoms with Crippen LogP contribution in [0.25, 0.3) is 0 Å². The van der Waals surface area contributed by atoms with E-state index in [9.17, 15) is 31.1 Å². The van der Waals surface area contributed by atoms with Crippen molar-refractivity contribution < 1.29 is 70.4 Å². The first-order chi connectivity index (χ1) is 15.5. The molecule has 34 heavy (non-hydrogen) atoms. The van der Waals surface area contributed by atoms with E-state index in [0.29, 0.717) is 23.9 Å². The zero-order valence-corrected chi connectivity index (χ0v) is 19.6. The molecule has 184 valence electrons. The Morgan fingerprint density at radius 1 is 0.853 bits per heavy atom. The van der Waals surface area contributed by atoms with Crippen LogP contribution in [0.5, 0.6) is 11.5 Å². The van der Waals surface area contributed by atoms with Gasteiger partial charge in [-0.25, -0.2) is 0 Å². The quantitative estimate of drug-likeness (QED) is 0.202. The van der Waals surface area contributed by atoms with Crippen molar-refractivity contribution in [3.63, 3.8) is 0 Å². The van der Waals surface area contributed by atoms with Crippen LogP contribution in [0.1, 0.15) is 22.9 Å². The molecule has 2 rings (SSSR count). The molecule has 0 spiro atoms. The van der Waals surface area contributed by atoms with Crippen LogP contribution >= 0.6 is 8.58 Å². The van der Waals surface area contributed by atoms with Crippen LogP contribution in [0.2, 0.25) is 0 Å². The molecule has 0 heterocycles. The van der Waals surface area contributed by atoms with Gasteiger partial charge in [-0.1, -0.05) is 6.07 Å². The van der Waals surface area contributed by atoms with Gasteiger partial charge >= 0.3 is 31.2 Å². The molecule has 1 atom stereocenters. The van der Waals surface area contributed by atoms with Crippen LogP contribution in [0, 0.1) is 0 Å². The number of halogens is 6. The Balaban J connectivity index is 0.00000578. The summed E-state index contributed by atoms with van der Waals surface area (Å²) in [5, 5.41) is 0.125. The number of rotatable bonds is 11. The Bertz CT molecular complexity index is 927. The minimum atomic E-state index is -5.15. The molecule has 0 aliphatic rings. The number of ether oxygens (including phenoxy) is 4. The zero-order valence-electron chi connectivity index (χ0n) is 19.6. The molecule has 0 N–H and O–H groups in total. The smallest absolute Gasteiger partial charge is 1.00 e. The van der Waals surface area contributed by atoms with Crippen LogP contribution < -0.4 is 33.6 Å². The Hall–Kier alpha value is -1.76. The van der Waals surface area contributed by atoms with Gasteiger partial charge in [-0.3, -0.25) is 4.79 Å². The van der Waals surface area contributed by atoms with E-state index in [1.165, 1.54) is 32.4 Å². The second-order valence-corrected chi connectivity index (χ2v) is 7.76. The normalized spacial score (nSPS) is 12.0. The SMILES string of the molecule is COCCOc1ccc(PC(=O)c2c(C(F)(F)F)cccc2C(F)(F)F)c(OCCOC)c1.[H-].[Li+]. The van der Waals surface area contributed by atoms with Gasteiger partial charge in [0.1, 0.15) is 24.7 Å². The van der Waals surface area contributed by atoms with Crippen LogP contribution in [-0.4, -0.2) is 46.2 Å². The van der Waals surface area contributed by atoms with Gasteiger partial charge in [-0.2, -0.15) is 26.3 Å². The molecular formula is C21H22F6LiO5P. The van der Waals surface area contributed by atoms with Crippen molar-refractivity contribution in [2.45, 2.75) is 12.4 Å². The van der Waals surface area contributed by atoms with Crippen LogP contribution in [-0.2, 0) is 21.8 Å². The van der Waals surface area contributed by atoms with Crippen LogP contribution in [0.4, 0.5) is 26.3 Å². The van der Waals surface area contributed by atoms with E-state index in [2.05, 4.69) is 0 Å². The second-order valence-electron chi connectivity index (χ2n) is 6.52. The summed E-state index contributed by atoms with van der Waals surface area (Å²) in [4.78, 5) is 12.8. The Labute approximate surface area is 207 Å². The van der Waals surface area contributed by atoms with Gasteiger partial charge in [0.25, 0.3) is 0 Å². The number of hydrogen-bond acceptors (Lipinski definition) is 5. The van der Waals surface area contributed by atoms with Gasteiger partial charge in [0, 0.05) is 31.2 Å². The standard InChI is InChI=1S/C21H21F6O5P.Li.H/c1-29-8-10-31-13-6-7-17(16(12-13)32-11-9-30-2)33-19(28)18-14(20(22,23)24)4-3-5-15(18)21(25,26)27;;/h3-7,12,33H,8-11H2,1-2H3;;/q;+1;-1. The molecule has 2 aromatic rings. The molecular weight excluding hydrogens is 484 g/mol. The molecule has 0 amide bonds. The van der Waals surface area contributed by atoms with Crippen molar-refractivity contribution in [3.05, 3.63) is 53.1 Å². The fourth-order valence-corrected chi connectivity index (χ4v) is 3.82. The van der Waals surface area contributed by atoms with E-state index in [0.717, 1.165) is 0 Å². The summed E-state index contributed by atoms with van der Waals surface area (Å²) >= 11 is 0. The number of carbonyl (C=O) groups is 1. The van der Waals surface area contributed by atoms with Crippen molar-refractivity contribution in [1.82, 2.24) is 0 Å². The van der Waals surface area contributed by atoms with Crippen LogP contribution in [0.3, 0.4) is 0 Å². The Kier molecular flexibility index (Phi) is 11.9. The molecule has 13 heteroatoms. The maximum absolute atomic E-state index is 13.4. The third-order valence-corrected chi connectivity index (χ3v) is 5.36. The van der Waals surface area contributed by atoms with Gasteiger partial charge in [0.15, 0.2) is 5.52 Å². The summed E-state index contributed by atoms with van der Waals surface area (Å²) in [5.41, 5.74) is -6.02. The number of carbonyl (C=O) groups excluding carboxylic acids is 1. The van der Waals surface area contributed by atoms with Gasteiger partial charge in [-0.15, -0.1) is 0 Å². The molecule has 0 saturated heterocycles. The summed E-state index contributed by atoms with van der Waals surface area (Å²) in [6, 6.07) is 5.74. The fraction of sp³-hybridized carbons (Fsp3) is 0.381. The molecule has 0 bridgehead atoms. The van der Waals surface area contributed by atoms with Crippen LogP contribution in [0.15, 0.2) is 36.4 Å². The largest absolute Gasteiger partial charge is 1.00 e. The zero-order chi connectivity index (χ0) is 24.6. The third-order valence-electron chi connectivity index (χ3n) is 4.20. The predicted molar refractivity (Wildman–Crippen MR) is 111 cm³/mol. The molecule has 0 radical (unpaired) electrons. The summed E-state index contributed by atoms with van der Waals surface area (Å²) in [6.07, 6.45) is -10.3. The average Bonchev–Trinajstić information content (AvgIpc) is 2.74. The van der Waals surface area contributed by atoms with E-state index >= 15 is 0 Å². The summed E-state index contributed by atoms with van der Waals surface area (Å²) < 4.78 is 101. The average molecular weight is 506 g/mol. The monoisotopic (exact) mass is 506 g/mol. The number of hydrogen-bond donors (Lipinski definition) is 0. The molecule has 0 fully saturated rings. The summed E-state index contributed by atoms with van der Waals surface area (Å²) in [5.74, 6) is 0.416. The first-order valence-corrected chi connectivity index (χ1v) is 10.4. The van der Waals surface area contributed by atoms with Crippen molar-refractivity contribution in [3.8, 4) is 11.5 Å². The van der Waals surface area contributed by atoms with Crippen molar-refractivity contribution in [1.29, 1.82) is 0 Å². The molecule has 0 aliphatic heterocycles. The first kappa shape index (κ1) is 30.3. The van der Waals surface area contributed by atoms with Gasteiger partial charge < -0.3 is 20.4 Å². The van der Waals surface area contributed by atoms with E-state index in [-0.39, 0.29) is 57.8 Å². The van der Waals surface area contributed by atoms with Gasteiger partial charge in [0.2, 0.25) is 0 Å². The topological polar surface area (TPSA) is 54.0 Å². The number of benzene rings is 2. The fourth-order valence-electron chi connectivity index (χ4n) is 2.75. The summed E-state index contributed by atoms with van der Waals surface area (Å²) in [7, 11) is 1.83. The number of alkyl halides is 6. The molecule has 0 aliphatic carbocycles. The minimum absolute atomic E-state index is 0. The number of methoxy groups -OCH3 is 2. The molecule has 1 unspecified atom stereocenters. The molecule has 2 aromatic carbocycles. The maximum Gasteiger partial charge on any atom is 1.00 e. The van der Waals surface area contributed by atoms with Crippen molar-refractivity contribution in [2.75, 3.05) is 40.6 Å². The Morgan fingerprint density at radius 3 is 1.88 bits per heavy atom. The van der Waals surface area contributed by atoms with E-state index in [4.69, 9.17) is 18.9 Å². The molecule has 0 aromatic heterocycles. The second kappa shape index (κ2) is 13.4.